The maximum atomic E-state index is 15.2. The predicted molar refractivity (Wildman–Crippen MR) is 160 cm³/mol. The first-order valence-electron chi connectivity index (χ1n) is 14.4. The van der Waals surface area contributed by atoms with Crippen LogP contribution < -0.4 is 5.32 Å². The lowest BCUT2D eigenvalue weighted by Crippen LogP contribution is -2.57. The summed E-state index contributed by atoms with van der Waals surface area (Å²) in [4.78, 5) is 19.6. The van der Waals surface area contributed by atoms with Crippen LogP contribution in [0.1, 0.15) is 41.9 Å². The van der Waals surface area contributed by atoms with Crippen LogP contribution in [0, 0.1) is 29.8 Å². The van der Waals surface area contributed by atoms with Crippen LogP contribution in [-0.4, -0.2) is 67.5 Å². The second kappa shape index (κ2) is 13.1. The highest BCUT2D eigenvalue weighted by Crippen LogP contribution is 2.34. The Balaban J connectivity index is 1.42. The summed E-state index contributed by atoms with van der Waals surface area (Å²) in [6.07, 6.45) is 1.81. The van der Waals surface area contributed by atoms with Gasteiger partial charge < -0.3 is 10.2 Å². The molecule has 2 aliphatic heterocycles. The summed E-state index contributed by atoms with van der Waals surface area (Å²) in [5.41, 5.74) is 0.668. The highest BCUT2D eigenvalue weighted by atomic mass is 32.2. The third kappa shape index (κ3) is 6.80. The van der Waals surface area contributed by atoms with Gasteiger partial charge in [-0.25, -0.2) is 26.0 Å². The van der Waals surface area contributed by atoms with Crippen LogP contribution in [0.4, 0.5) is 23.2 Å². The number of piperazine rings is 1. The Morgan fingerprint density at radius 2 is 1.70 bits per heavy atom. The Morgan fingerprint density at radius 1 is 1.00 bits per heavy atom. The van der Waals surface area contributed by atoms with E-state index in [2.05, 4.69) is 15.1 Å². The molecule has 3 aromatic carbocycles. The monoisotopic (exact) mass is 629 g/mol. The van der Waals surface area contributed by atoms with Gasteiger partial charge in [0.15, 0.2) is 0 Å². The number of nitrogens with one attached hydrogen (secondary N) is 1. The second-order valence-electron chi connectivity index (χ2n) is 11.4. The molecule has 44 heavy (non-hydrogen) atoms. The topological polar surface area (TPSA) is 74.1 Å². The van der Waals surface area contributed by atoms with Gasteiger partial charge in [0, 0.05) is 42.5 Å². The van der Waals surface area contributed by atoms with E-state index in [0.717, 1.165) is 30.7 Å². The van der Waals surface area contributed by atoms with Crippen molar-refractivity contribution in [3.8, 4) is 6.57 Å². The number of hydrogen-bond donors (Lipinski definition) is 1. The molecule has 2 saturated heterocycles. The molecule has 3 aromatic rings. The number of amides is 1. The van der Waals surface area contributed by atoms with Gasteiger partial charge in [0.25, 0.3) is 6.57 Å². The van der Waals surface area contributed by atoms with Crippen LogP contribution in [-0.2, 0) is 21.2 Å². The number of likely N-dealkylation sites (N-methyl/N-ethyl adjacent to an activating group) is 1. The number of carbonyl (C=O) groups is 1. The molecule has 2 aliphatic rings. The fourth-order valence-electron chi connectivity index (χ4n) is 6.31. The number of hydrogen-bond acceptors (Lipinski definition) is 4. The summed E-state index contributed by atoms with van der Waals surface area (Å²) in [7, 11) is -1.50. The van der Waals surface area contributed by atoms with Crippen molar-refractivity contribution in [3.63, 3.8) is 0 Å². The number of sulfonamides is 1. The predicted octanol–water partition coefficient (Wildman–Crippen LogP) is 5.39. The van der Waals surface area contributed by atoms with Gasteiger partial charge in [-0.15, -0.1) is 0 Å². The molecule has 2 fully saturated rings. The summed E-state index contributed by atoms with van der Waals surface area (Å²) in [5.74, 6) is -4.74. The molecule has 0 saturated carbocycles. The Morgan fingerprint density at radius 3 is 2.39 bits per heavy atom. The number of anilines is 1. The third-order valence-corrected chi connectivity index (χ3v) is 10.5. The van der Waals surface area contributed by atoms with E-state index in [9.17, 15) is 26.4 Å². The van der Waals surface area contributed by atoms with Gasteiger partial charge in [-0.2, -0.15) is 4.31 Å². The van der Waals surface area contributed by atoms with Crippen LogP contribution in [0.5, 0.6) is 0 Å². The lowest BCUT2D eigenvalue weighted by Gasteiger charge is -2.42. The van der Waals surface area contributed by atoms with E-state index in [0.29, 0.717) is 37.6 Å². The zero-order valence-corrected chi connectivity index (χ0v) is 24.9. The van der Waals surface area contributed by atoms with Crippen LogP contribution in [0.2, 0.25) is 0 Å². The van der Waals surface area contributed by atoms with Crippen molar-refractivity contribution in [1.29, 1.82) is 0 Å². The van der Waals surface area contributed by atoms with Crippen LogP contribution >= 0.6 is 0 Å². The van der Waals surface area contributed by atoms with Crippen molar-refractivity contribution in [2.75, 3.05) is 31.2 Å². The van der Waals surface area contributed by atoms with E-state index in [1.54, 1.807) is 4.31 Å². The lowest BCUT2D eigenvalue weighted by atomic mass is 9.84. The van der Waals surface area contributed by atoms with E-state index < -0.39 is 51.2 Å². The largest absolute Gasteiger partial charge is 0.359 e. The summed E-state index contributed by atoms with van der Waals surface area (Å²) < 4.78 is 84.9. The molecule has 2 bridgehead atoms. The standard InChI is InChI=1S/C32H32F4N4O3S/c1-37-31(30(20-8-10-22(33)11-9-20)21-15-23(34)17-24(35)16-21)32(41)38-29-7-3-6-28(36)27(29)13-12-26-18-39(2)25-5-4-14-44(42,43)40(26)19-25/h1,3,6-11,15-17,25-26,30-31H,4-5,12-14,18-19H2,2H3/p+1. The minimum Gasteiger partial charge on any atom is -0.319 e. The average molecular weight is 630 g/mol. The van der Waals surface area contributed by atoms with Gasteiger partial charge in [-0.05, 0) is 80.3 Å². The van der Waals surface area contributed by atoms with Crippen LogP contribution in [0.25, 0.3) is 4.85 Å². The summed E-state index contributed by atoms with van der Waals surface area (Å²) in [6.45, 7) is 6.58. The highest BCUT2D eigenvalue weighted by molar-refractivity contribution is 7.89. The number of benzene rings is 3. The van der Waals surface area contributed by atoms with Crippen molar-refractivity contribution >= 4 is 21.6 Å². The van der Waals surface area contributed by atoms with E-state index in [-0.39, 0.29) is 41.1 Å². The molecule has 232 valence electrons. The van der Waals surface area contributed by atoms with Crippen molar-refractivity contribution in [2.45, 2.75) is 49.7 Å². The minimum absolute atomic E-state index is 0.0429. The van der Waals surface area contributed by atoms with Crippen LogP contribution in [0.15, 0.2) is 60.7 Å². The highest BCUT2D eigenvalue weighted by Gasteiger charge is 2.42. The molecule has 2 heterocycles. The zero-order chi connectivity index (χ0) is 31.6. The third-order valence-electron chi connectivity index (χ3n) is 8.54. The smallest absolute Gasteiger partial charge is 0.319 e. The van der Waals surface area contributed by atoms with Gasteiger partial charge >= 0.3 is 11.9 Å². The van der Waals surface area contributed by atoms with Crippen molar-refractivity contribution in [2.24, 2.45) is 0 Å². The first kappa shape index (κ1) is 31.6. The first-order chi connectivity index (χ1) is 21.0. The first-order valence-corrected chi connectivity index (χ1v) is 16.0. The van der Waals surface area contributed by atoms with Crippen molar-refractivity contribution in [3.05, 3.63) is 105 Å². The fourth-order valence-corrected chi connectivity index (χ4v) is 8.10. The number of halogens is 4. The Labute approximate surface area is 254 Å². The molecule has 5 unspecified atom stereocenters. The van der Waals surface area contributed by atoms with E-state index in [1.807, 2.05) is 7.05 Å². The second-order valence-corrected chi connectivity index (χ2v) is 13.4. The minimum atomic E-state index is -3.45. The maximum Gasteiger partial charge on any atom is 0.359 e. The van der Waals surface area contributed by atoms with Gasteiger partial charge in [-0.1, -0.05) is 23.0 Å². The molecule has 0 spiro atoms. The molecule has 1 amide bonds. The fraction of sp³-hybridized carbons (Fsp3) is 0.375. The molecule has 5 atom stereocenters. The Kier molecular flexibility index (Phi) is 9.39. The Hall–Kier alpha value is -3.79. The lowest BCUT2D eigenvalue weighted by molar-refractivity contribution is -0.116. The number of rotatable bonds is 8. The molecule has 12 heteroatoms. The number of nitrogens with zero attached hydrogens (tertiary/aromatic N) is 3. The number of fused-ring (bicyclic) bond motifs is 2. The summed E-state index contributed by atoms with van der Waals surface area (Å²) in [6, 6.07) is 10.3. The molecule has 0 aliphatic carbocycles. The van der Waals surface area contributed by atoms with Gasteiger partial charge in [0.1, 0.15) is 23.3 Å². The molecular formula is C32H33F4N4O3S+. The molecule has 5 rings (SSSR count). The molecule has 7 nitrogen and oxygen atoms in total. The van der Waals surface area contributed by atoms with E-state index in [4.69, 9.17) is 6.57 Å². The SMILES string of the molecule is C#[N+]C(C(=O)Nc1cccc(F)c1CCC1CN(C)C2CCCS(=O)(=O)N1C2)C(c1ccc(F)cc1)c1cc(F)cc(F)c1. The van der Waals surface area contributed by atoms with Gasteiger partial charge in [0.2, 0.25) is 10.0 Å². The number of carbonyl (C=O) groups excluding carboxylic acids is 1. The quantitative estimate of drug-likeness (QED) is 0.340. The molecule has 0 aromatic heterocycles. The molecule has 1 N–H and O–H groups in total. The van der Waals surface area contributed by atoms with E-state index in [1.165, 1.54) is 30.3 Å². The summed E-state index contributed by atoms with van der Waals surface area (Å²) in [5, 5.41) is 2.67. The molecule has 0 radical (unpaired) electrons. The molecular weight excluding hydrogens is 596 g/mol. The summed E-state index contributed by atoms with van der Waals surface area (Å²) >= 11 is 0. The van der Waals surface area contributed by atoms with E-state index >= 15 is 4.39 Å². The van der Waals surface area contributed by atoms with Gasteiger partial charge in [-0.3, -0.25) is 4.79 Å². The average Bonchev–Trinajstić information content (AvgIpc) is 3.10. The van der Waals surface area contributed by atoms with Crippen molar-refractivity contribution in [1.82, 2.24) is 9.21 Å². The Bertz CT molecular complexity index is 1660. The van der Waals surface area contributed by atoms with Crippen LogP contribution in [0.3, 0.4) is 0 Å². The van der Waals surface area contributed by atoms with Crippen molar-refractivity contribution < 1.29 is 30.8 Å². The maximum absolute atomic E-state index is 15.2. The normalized spacial score (nSPS) is 22.8. The van der Waals surface area contributed by atoms with Gasteiger partial charge in [0.05, 0.1) is 11.7 Å². The zero-order valence-electron chi connectivity index (χ0n) is 24.1.